The van der Waals surface area contributed by atoms with E-state index in [1.807, 2.05) is 30.3 Å². The first-order valence-electron chi connectivity index (χ1n) is 6.50. The summed E-state index contributed by atoms with van der Waals surface area (Å²) in [6.45, 7) is 1.81. The van der Waals surface area contributed by atoms with Gasteiger partial charge in [0.05, 0.1) is 11.6 Å². The van der Waals surface area contributed by atoms with Crippen molar-refractivity contribution in [2.45, 2.75) is 13.0 Å². The maximum Gasteiger partial charge on any atom is 0.0995 e. The molecule has 2 aromatic rings. The number of likely N-dealkylation sites (N-methyl/N-ethyl adjacent to an activating group) is 1. The van der Waals surface area contributed by atoms with Crippen molar-refractivity contribution in [1.82, 2.24) is 4.90 Å². The molecule has 0 atom stereocenters. The van der Waals surface area contributed by atoms with Crippen molar-refractivity contribution in [2.75, 3.05) is 13.6 Å². The molecule has 0 aliphatic rings. The lowest BCUT2D eigenvalue weighted by atomic mass is 10.1. The number of benzene rings is 2. The van der Waals surface area contributed by atoms with E-state index in [-0.39, 0.29) is 0 Å². The first-order valence-corrected chi connectivity index (χ1v) is 6.50. The van der Waals surface area contributed by atoms with E-state index in [0.29, 0.717) is 0 Å². The van der Waals surface area contributed by atoms with Gasteiger partial charge in [0, 0.05) is 13.1 Å². The van der Waals surface area contributed by atoms with Gasteiger partial charge in [-0.2, -0.15) is 5.26 Å². The molecular formula is C17H18N2. The number of rotatable bonds is 5. The highest BCUT2D eigenvalue weighted by Crippen LogP contribution is 2.10. The molecule has 0 saturated heterocycles. The van der Waals surface area contributed by atoms with E-state index in [1.165, 1.54) is 5.56 Å². The van der Waals surface area contributed by atoms with Gasteiger partial charge in [-0.05, 0) is 30.7 Å². The smallest absolute Gasteiger partial charge is 0.0995 e. The summed E-state index contributed by atoms with van der Waals surface area (Å²) in [6.07, 6.45) is 1.03. The molecule has 0 bridgehead atoms. The normalized spacial score (nSPS) is 10.4. The zero-order valence-corrected chi connectivity index (χ0v) is 11.2. The van der Waals surface area contributed by atoms with Gasteiger partial charge in [-0.25, -0.2) is 0 Å². The molecule has 0 aromatic heterocycles. The van der Waals surface area contributed by atoms with E-state index < -0.39 is 0 Å². The molecule has 0 saturated carbocycles. The fourth-order valence-electron chi connectivity index (χ4n) is 2.10. The van der Waals surface area contributed by atoms with E-state index in [1.54, 1.807) is 0 Å². The predicted molar refractivity (Wildman–Crippen MR) is 77.6 cm³/mol. The van der Waals surface area contributed by atoms with Crippen LogP contribution >= 0.6 is 0 Å². The zero-order chi connectivity index (χ0) is 13.5. The van der Waals surface area contributed by atoms with Crippen LogP contribution in [0.5, 0.6) is 0 Å². The van der Waals surface area contributed by atoms with Crippen molar-refractivity contribution in [3.8, 4) is 6.07 Å². The highest BCUT2D eigenvalue weighted by molar-refractivity contribution is 5.37. The molecule has 0 aliphatic carbocycles. The number of hydrogen-bond donors (Lipinski definition) is 0. The van der Waals surface area contributed by atoms with Gasteiger partial charge >= 0.3 is 0 Å². The molecule has 0 aliphatic heterocycles. The maximum absolute atomic E-state index is 9.07. The molecule has 2 heteroatoms. The summed E-state index contributed by atoms with van der Waals surface area (Å²) in [5.74, 6) is 0. The SMILES string of the molecule is CN(CCc1ccccc1)Cc1ccccc1C#N. The fraction of sp³-hybridized carbons (Fsp3) is 0.235. The Bertz CT molecular complexity index is 555. The summed E-state index contributed by atoms with van der Waals surface area (Å²) < 4.78 is 0. The highest BCUT2D eigenvalue weighted by Gasteiger charge is 2.05. The molecule has 0 fully saturated rings. The largest absolute Gasteiger partial charge is 0.302 e. The van der Waals surface area contributed by atoms with Crippen LogP contribution in [0.1, 0.15) is 16.7 Å². The Morgan fingerprint density at radius 3 is 2.42 bits per heavy atom. The van der Waals surface area contributed by atoms with Crippen molar-refractivity contribution in [3.63, 3.8) is 0 Å². The lowest BCUT2D eigenvalue weighted by Crippen LogP contribution is -2.21. The van der Waals surface area contributed by atoms with Crippen LogP contribution in [0.4, 0.5) is 0 Å². The minimum Gasteiger partial charge on any atom is -0.302 e. The number of nitriles is 1. The molecule has 0 radical (unpaired) electrons. The molecule has 2 aromatic carbocycles. The monoisotopic (exact) mass is 250 g/mol. The summed E-state index contributed by atoms with van der Waals surface area (Å²) in [4.78, 5) is 2.25. The van der Waals surface area contributed by atoms with Crippen molar-refractivity contribution >= 4 is 0 Å². The van der Waals surface area contributed by atoms with Gasteiger partial charge in [0.1, 0.15) is 0 Å². The molecule has 96 valence electrons. The zero-order valence-electron chi connectivity index (χ0n) is 11.2. The van der Waals surface area contributed by atoms with Crippen LogP contribution in [0, 0.1) is 11.3 Å². The highest BCUT2D eigenvalue weighted by atomic mass is 15.1. The minimum absolute atomic E-state index is 0.772. The standard InChI is InChI=1S/C17H18N2/c1-19(12-11-15-7-3-2-4-8-15)14-17-10-6-5-9-16(17)13-18/h2-10H,11-12,14H2,1H3. The Morgan fingerprint density at radius 1 is 1.00 bits per heavy atom. The quantitative estimate of drug-likeness (QED) is 0.814. The first kappa shape index (κ1) is 13.3. The van der Waals surface area contributed by atoms with Gasteiger partial charge in [0.2, 0.25) is 0 Å². The van der Waals surface area contributed by atoms with Gasteiger partial charge in [-0.1, -0.05) is 48.5 Å². The fourth-order valence-corrected chi connectivity index (χ4v) is 2.10. The van der Waals surface area contributed by atoms with Gasteiger partial charge in [-0.3, -0.25) is 0 Å². The van der Waals surface area contributed by atoms with Crippen LogP contribution in [-0.4, -0.2) is 18.5 Å². The van der Waals surface area contributed by atoms with Crippen LogP contribution in [0.15, 0.2) is 54.6 Å². The number of hydrogen-bond acceptors (Lipinski definition) is 2. The van der Waals surface area contributed by atoms with E-state index in [0.717, 1.165) is 30.6 Å². The van der Waals surface area contributed by atoms with Crippen LogP contribution < -0.4 is 0 Å². The summed E-state index contributed by atoms with van der Waals surface area (Å²) >= 11 is 0. The molecule has 19 heavy (non-hydrogen) atoms. The third-order valence-corrected chi connectivity index (χ3v) is 3.20. The van der Waals surface area contributed by atoms with Crippen molar-refractivity contribution in [3.05, 3.63) is 71.3 Å². The Hall–Kier alpha value is -2.11. The Labute approximate surface area is 114 Å². The van der Waals surface area contributed by atoms with E-state index in [9.17, 15) is 0 Å². The van der Waals surface area contributed by atoms with Crippen molar-refractivity contribution < 1.29 is 0 Å². The second kappa shape index (κ2) is 6.72. The minimum atomic E-state index is 0.772. The van der Waals surface area contributed by atoms with E-state index in [2.05, 4.69) is 42.3 Å². The predicted octanol–water partition coefficient (Wildman–Crippen LogP) is 3.23. The van der Waals surface area contributed by atoms with Gasteiger partial charge in [-0.15, -0.1) is 0 Å². The Morgan fingerprint density at radius 2 is 1.68 bits per heavy atom. The molecule has 2 nitrogen and oxygen atoms in total. The first-order chi connectivity index (χ1) is 9.29. The van der Waals surface area contributed by atoms with E-state index in [4.69, 9.17) is 5.26 Å². The Kier molecular flexibility index (Phi) is 4.72. The molecule has 0 unspecified atom stereocenters. The van der Waals surface area contributed by atoms with Gasteiger partial charge in [0.25, 0.3) is 0 Å². The van der Waals surface area contributed by atoms with Crippen molar-refractivity contribution in [1.29, 1.82) is 5.26 Å². The van der Waals surface area contributed by atoms with Gasteiger partial charge < -0.3 is 4.90 Å². The van der Waals surface area contributed by atoms with Crippen LogP contribution in [0.25, 0.3) is 0 Å². The average molecular weight is 250 g/mol. The summed E-state index contributed by atoms with van der Waals surface area (Å²) in [5.41, 5.74) is 3.22. The number of nitrogens with zero attached hydrogens (tertiary/aromatic N) is 2. The second-order valence-electron chi connectivity index (χ2n) is 4.74. The third kappa shape index (κ3) is 3.94. The van der Waals surface area contributed by atoms with Crippen LogP contribution in [-0.2, 0) is 13.0 Å². The second-order valence-corrected chi connectivity index (χ2v) is 4.74. The van der Waals surface area contributed by atoms with Crippen LogP contribution in [0.3, 0.4) is 0 Å². The average Bonchev–Trinajstić information content (AvgIpc) is 2.47. The summed E-state index contributed by atoms with van der Waals surface area (Å²) in [5, 5.41) is 9.07. The topological polar surface area (TPSA) is 27.0 Å². The lowest BCUT2D eigenvalue weighted by Gasteiger charge is -2.17. The summed E-state index contributed by atoms with van der Waals surface area (Å²) in [6, 6.07) is 20.5. The molecule has 0 amide bonds. The molecule has 0 N–H and O–H groups in total. The molecule has 0 spiro atoms. The Balaban J connectivity index is 1.91. The maximum atomic E-state index is 9.07. The van der Waals surface area contributed by atoms with E-state index >= 15 is 0 Å². The molecular weight excluding hydrogens is 232 g/mol. The van der Waals surface area contributed by atoms with Gasteiger partial charge in [0.15, 0.2) is 0 Å². The lowest BCUT2D eigenvalue weighted by molar-refractivity contribution is 0.331. The van der Waals surface area contributed by atoms with Crippen molar-refractivity contribution in [2.24, 2.45) is 0 Å². The summed E-state index contributed by atoms with van der Waals surface area (Å²) in [7, 11) is 2.09. The molecule has 2 rings (SSSR count). The van der Waals surface area contributed by atoms with Crippen LogP contribution in [0.2, 0.25) is 0 Å². The molecule has 0 heterocycles. The third-order valence-electron chi connectivity index (χ3n) is 3.20.